The number of fused-ring (bicyclic) bond motifs is 1. The molecule has 1 saturated heterocycles. The van der Waals surface area contributed by atoms with Crippen molar-refractivity contribution >= 4 is 16.7 Å². The van der Waals surface area contributed by atoms with Gasteiger partial charge in [-0.15, -0.1) is 0 Å². The molecule has 4 rings (SSSR count). The molecule has 1 aliphatic rings. The fourth-order valence-corrected chi connectivity index (χ4v) is 3.42. The second-order valence-electron chi connectivity index (χ2n) is 6.69. The number of carbonyl (C=O) groups is 1. The summed E-state index contributed by atoms with van der Waals surface area (Å²) in [5.41, 5.74) is 0.0893. The lowest BCUT2D eigenvalue weighted by Crippen LogP contribution is -2.46. The molecule has 0 bridgehead atoms. The van der Waals surface area contributed by atoms with Crippen molar-refractivity contribution < 1.29 is 13.6 Å². The molecule has 0 atom stereocenters. The lowest BCUT2D eigenvalue weighted by molar-refractivity contribution is 0.0731. The van der Waals surface area contributed by atoms with Crippen molar-refractivity contribution in [2.45, 2.75) is 6.42 Å². The lowest BCUT2D eigenvalue weighted by Gasteiger charge is -2.27. The zero-order valence-electron chi connectivity index (χ0n) is 15.0. The van der Waals surface area contributed by atoms with Crippen LogP contribution in [0.4, 0.5) is 8.78 Å². The largest absolute Gasteiger partial charge is 0.336 e. The minimum Gasteiger partial charge on any atom is -0.336 e. The molecular formula is C20H18F2N4O2. The monoisotopic (exact) mass is 384 g/mol. The van der Waals surface area contributed by atoms with Crippen molar-refractivity contribution in [3.8, 4) is 0 Å². The summed E-state index contributed by atoms with van der Waals surface area (Å²) >= 11 is 0. The van der Waals surface area contributed by atoms with Crippen molar-refractivity contribution in [1.29, 1.82) is 0 Å². The maximum absolute atomic E-state index is 14.4. The van der Waals surface area contributed by atoms with Gasteiger partial charge in [0.25, 0.3) is 11.5 Å². The summed E-state index contributed by atoms with van der Waals surface area (Å²) in [6.45, 7) is 2.21. The summed E-state index contributed by atoms with van der Waals surface area (Å²) in [6, 6.07) is 8.84. The van der Waals surface area contributed by atoms with Gasteiger partial charge in [-0.25, -0.2) is 13.9 Å². The number of halogens is 2. The first-order valence-electron chi connectivity index (χ1n) is 8.99. The Labute approximate surface area is 159 Å². The predicted octanol–water partition coefficient (Wildman–Crippen LogP) is 1.84. The Balaban J connectivity index is 1.72. The molecule has 8 heteroatoms. The number of amides is 1. The number of hydrogen-bond acceptors (Lipinski definition) is 4. The number of carbonyl (C=O) groups excluding carboxylic acids is 1. The lowest BCUT2D eigenvalue weighted by atomic mass is 10.0. The van der Waals surface area contributed by atoms with Crippen molar-refractivity contribution in [1.82, 2.24) is 20.4 Å². The second-order valence-corrected chi connectivity index (χ2v) is 6.69. The summed E-state index contributed by atoms with van der Waals surface area (Å²) in [4.78, 5) is 26.1. The van der Waals surface area contributed by atoms with Gasteiger partial charge in [0.15, 0.2) is 0 Å². The second kappa shape index (κ2) is 7.47. The number of benzene rings is 2. The van der Waals surface area contributed by atoms with Gasteiger partial charge in [-0.2, -0.15) is 5.10 Å². The van der Waals surface area contributed by atoms with Crippen LogP contribution in [0.5, 0.6) is 0 Å². The number of nitrogens with zero attached hydrogens (tertiary/aromatic N) is 2. The number of rotatable bonds is 3. The van der Waals surface area contributed by atoms with Crippen molar-refractivity contribution in [3.05, 3.63) is 75.2 Å². The number of nitrogens with one attached hydrogen (secondary N) is 2. The quantitative estimate of drug-likeness (QED) is 0.722. The first-order valence-corrected chi connectivity index (χ1v) is 8.99. The van der Waals surface area contributed by atoms with E-state index >= 15 is 0 Å². The molecule has 28 heavy (non-hydrogen) atoms. The average Bonchev–Trinajstić information content (AvgIpc) is 2.72. The normalized spacial score (nSPS) is 14.4. The zero-order chi connectivity index (χ0) is 19.7. The van der Waals surface area contributed by atoms with E-state index in [9.17, 15) is 18.4 Å². The highest BCUT2D eigenvalue weighted by Crippen LogP contribution is 2.22. The van der Waals surface area contributed by atoms with E-state index in [0.717, 1.165) is 6.07 Å². The fraction of sp³-hybridized carbons (Fsp3) is 0.250. The van der Waals surface area contributed by atoms with E-state index in [-0.39, 0.29) is 23.1 Å². The van der Waals surface area contributed by atoms with Crippen LogP contribution in [0.15, 0.2) is 41.2 Å². The van der Waals surface area contributed by atoms with Gasteiger partial charge in [-0.1, -0.05) is 18.2 Å². The number of H-pyrrole nitrogens is 1. The van der Waals surface area contributed by atoms with Crippen LogP contribution in [-0.4, -0.2) is 47.2 Å². The molecule has 3 aromatic rings. The Morgan fingerprint density at radius 1 is 1.07 bits per heavy atom. The zero-order valence-corrected chi connectivity index (χ0v) is 15.0. The average molecular weight is 384 g/mol. The van der Waals surface area contributed by atoms with Crippen LogP contribution >= 0.6 is 0 Å². The third kappa shape index (κ3) is 3.38. The van der Waals surface area contributed by atoms with Crippen LogP contribution in [-0.2, 0) is 6.42 Å². The van der Waals surface area contributed by atoms with Crippen LogP contribution in [0, 0.1) is 11.6 Å². The van der Waals surface area contributed by atoms with Gasteiger partial charge in [0.1, 0.15) is 11.6 Å². The van der Waals surface area contributed by atoms with Crippen molar-refractivity contribution in [3.63, 3.8) is 0 Å². The summed E-state index contributed by atoms with van der Waals surface area (Å²) in [6.07, 6.45) is 0.0191. The number of aromatic nitrogens is 2. The number of hydrogen-bond donors (Lipinski definition) is 2. The Morgan fingerprint density at radius 3 is 2.54 bits per heavy atom. The maximum atomic E-state index is 14.4. The predicted molar refractivity (Wildman–Crippen MR) is 100 cm³/mol. The minimum absolute atomic E-state index is 0.0191. The van der Waals surface area contributed by atoms with Gasteiger partial charge in [-0.3, -0.25) is 9.59 Å². The summed E-state index contributed by atoms with van der Waals surface area (Å²) in [5.74, 6) is -2.10. The molecule has 0 unspecified atom stereocenters. The summed E-state index contributed by atoms with van der Waals surface area (Å²) in [5, 5.41) is 10.6. The molecule has 0 spiro atoms. The molecule has 1 aromatic heterocycles. The van der Waals surface area contributed by atoms with E-state index in [1.54, 1.807) is 29.2 Å². The Hall–Kier alpha value is -3.13. The Morgan fingerprint density at radius 2 is 1.79 bits per heavy atom. The molecule has 2 N–H and O–H groups in total. The Bertz CT molecular complexity index is 1110. The van der Waals surface area contributed by atoms with E-state index in [1.165, 1.54) is 6.07 Å². The molecule has 2 heterocycles. The van der Waals surface area contributed by atoms with Crippen LogP contribution in [0.2, 0.25) is 0 Å². The molecule has 144 valence electrons. The van der Waals surface area contributed by atoms with E-state index in [4.69, 9.17) is 0 Å². The molecular weight excluding hydrogens is 366 g/mol. The van der Waals surface area contributed by atoms with Crippen molar-refractivity contribution in [2.75, 3.05) is 26.2 Å². The highest BCUT2D eigenvalue weighted by Gasteiger charge is 2.23. The molecule has 0 saturated carbocycles. The fourth-order valence-electron chi connectivity index (χ4n) is 3.42. The van der Waals surface area contributed by atoms with Gasteiger partial charge in [0.05, 0.1) is 16.6 Å². The van der Waals surface area contributed by atoms with E-state index < -0.39 is 17.5 Å². The van der Waals surface area contributed by atoms with Crippen LogP contribution in [0.3, 0.4) is 0 Å². The first-order chi connectivity index (χ1) is 13.5. The number of aromatic amines is 1. The van der Waals surface area contributed by atoms with Crippen LogP contribution in [0.1, 0.15) is 21.6 Å². The van der Waals surface area contributed by atoms with Crippen LogP contribution < -0.4 is 10.9 Å². The molecule has 0 radical (unpaired) electrons. The van der Waals surface area contributed by atoms with Crippen LogP contribution in [0.25, 0.3) is 10.8 Å². The molecule has 1 aliphatic heterocycles. The molecule has 0 aliphatic carbocycles. The highest BCUT2D eigenvalue weighted by molar-refractivity contribution is 5.95. The summed E-state index contributed by atoms with van der Waals surface area (Å²) in [7, 11) is 0. The first kappa shape index (κ1) is 18.2. The standard InChI is InChI=1S/C20H18F2N4O2/c21-16-11-17(22)15(20(28)26-7-5-23-6-8-26)9-12(16)10-18-13-3-1-2-4-14(13)19(27)25-24-18/h1-4,9,11,23H,5-8,10H2,(H,25,27). The smallest absolute Gasteiger partial charge is 0.272 e. The maximum Gasteiger partial charge on any atom is 0.272 e. The van der Waals surface area contributed by atoms with E-state index in [1.807, 2.05) is 0 Å². The summed E-state index contributed by atoms with van der Waals surface area (Å²) < 4.78 is 28.7. The van der Waals surface area contributed by atoms with Crippen molar-refractivity contribution in [2.24, 2.45) is 0 Å². The van der Waals surface area contributed by atoms with Gasteiger partial charge < -0.3 is 10.2 Å². The van der Waals surface area contributed by atoms with Gasteiger partial charge >= 0.3 is 0 Å². The topological polar surface area (TPSA) is 78.1 Å². The SMILES string of the molecule is O=C(c1cc(Cc2n[nH]c(=O)c3ccccc23)c(F)cc1F)N1CCNCC1. The van der Waals surface area contributed by atoms with E-state index in [2.05, 4.69) is 15.5 Å². The highest BCUT2D eigenvalue weighted by atomic mass is 19.1. The van der Waals surface area contributed by atoms with E-state index in [0.29, 0.717) is 42.6 Å². The molecule has 1 fully saturated rings. The van der Waals surface area contributed by atoms with Gasteiger partial charge in [-0.05, 0) is 17.7 Å². The molecule has 6 nitrogen and oxygen atoms in total. The van der Waals surface area contributed by atoms with Gasteiger partial charge in [0.2, 0.25) is 0 Å². The third-order valence-corrected chi connectivity index (χ3v) is 4.90. The number of piperazine rings is 1. The molecule has 1 amide bonds. The Kier molecular flexibility index (Phi) is 4.87. The minimum atomic E-state index is -0.885. The van der Waals surface area contributed by atoms with Gasteiger partial charge in [0, 0.05) is 44.1 Å². The third-order valence-electron chi connectivity index (χ3n) is 4.90. The molecule has 2 aromatic carbocycles.